The molecule has 0 radical (unpaired) electrons. The van der Waals surface area contributed by atoms with E-state index in [-0.39, 0.29) is 11.9 Å². The number of hydrogen-bond donors (Lipinski definition) is 1. The Kier molecular flexibility index (Phi) is 5.43. The van der Waals surface area contributed by atoms with Crippen molar-refractivity contribution in [2.75, 3.05) is 12.8 Å². The molecule has 4 heteroatoms. The predicted molar refractivity (Wildman–Crippen MR) is 83.1 cm³/mol. The molecule has 0 saturated carbocycles. The van der Waals surface area contributed by atoms with Crippen molar-refractivity contribution >= 4 is 27.7 Å². The van der Waals surface area contributed by atoms with Crippen molar-refractivity contribution in [3.05, 3.63) is 64.4 Å². The summed E-state index contributed by atoms with van der Waals surface area (Å²) >= 11 is 5.11. The Morgan fingerprint density at radius 3 is 2.63 bits per heavy atom. The third kappa shape index (κ3) is 4.06. The first-order valence-electron chi connectivity index (χ1n) is 6.01. The summed E-state index contributed by atoms with van der Waals surface area (Å²) in [7, 11) is 1.86. The number of benzene rings is 2. The molecule has 1 unspecified atom stereocenters. The van der Waals surface area contributed by atoms with Crippen LogP contribution in [0.1, 0.15) is 11.6 Å². The summed E-state index contributed by atoms with van der Waals surface area (Å²) in [6.07, 6.45) is 0. The molecule has 2 aromatic rings. The van der Waals surface area contributed by atoms with Crippen LogP contribution in [0.3, 0.4) is 0 Å². The first-order chi connectivity index (χ1) is 9.20. The van der Waals surface area contributed by atoms with Crippen LogP contribution in [-0.4, -0.2) is 12.8 Å². The summed E-state index contributed by atoms with van der Waals surface area (Å²) < 4.78 is 14.8. The van der Waals surface area contributed by atoms with Gasteiger partial charge in [0, 0.05) is 26.7 Å². The van der Waals surface area contributed by atoms with Crippen molar-refractivity contribution in [1.82, 2.24) is 5.32 Å². The average Bonchev–Trinajstić information content (AvgIpc) is 2.44. The van der Waals surface area contributed by atoms with Gasteiger partial charge in [-0.05, 0) is 37.4 Å². The summed E-state index contributed by atoms with van der Waals surface area (Å²) in [6.45, 7) is 0. The molecule has 100 valence electrons. The molecule has 1 nitrogen and oxygen atoms in total. The van der Waals surface area contributed by atoms with Crippen molar-refractivity contribution in [3.63, 3.8) is 0 Å². The van der Waals surface area contributed by atoms with E-state index in [1.165, 1.54) is 11.0 Å². The number of hydrogen-bond acceptors (Lipinski definition) is 2. The zero-order valence-corrected chi connectivity index (χ0v) is 13.0. The van der Waals surface area contributed by atoms with E-state index in [0.717, 1.165) is 10.2 Å². The van der Waals surface area contributed by atoms with Crippen LogP contribution in [0.2, 0.25) is 0 Å². The van der Waals surface area contributed by atoms with Gasteiger partial charge in [0.2, 0.25) is 0 Å². The Morgan fingerprint density at radius 1 is 1.21 bits per heavy atom. The van der Waals surface area contributed by atoms with Gasteiger partial charge in [-0.1, -0.05) is 34.1 Å². The normalized spacial score (nSPS) is 12.4. The largest absolute Gasteiger partial charge is 0.312 e. The van der Waals surface area contributed by atoms with Gasteiger partial charge < -0.3 is 5.32 Å². The van der Waals surface area contributed by atoms with Crippen LogP contribution >= 0.6 is 27.7 Å². The van der Waals surface area contributed by atoms with E-state index in [2.05, 4.69) is 33.4 Å². The van der Waals surface area contributed by atoms with E-state index < -0.39 is 0 Å². The lowest BCUT2D eigenvalue weighted by Gasteiger charge is -2.17. The van der Waals surface area contributed by atoms with Crippen LogP contribution in [0, 0.1) is 5.82 Å². The summed E-state index contributed by atoms with van der Waals surface area (Å²) in [5.41, 5.74) is 0.695. The molecular formula is C15H15BrFNS. The fraction of sp³-hybridized carbons (Fsp3) is 0.200. The molecule has 1 atom stereocenters. The monoisotopic (exact) mass is 339 g/mol. The minimum atomic E-state index is -0.170. The van der Waals surface area contributed by atoms with Gasteiger partial charge >= 0.3 is 0 Å². The molecule has 0 aliphatic heterocycles. The Bertz CT molecular complexity index is 533. The van der Waals surface area contributed by atoms with Crippen LogP contribution in [0.15, 0.2) is 57.9 Å². The highest BCUT2D eigenvalue weighted by molar-refractivity contribution is 9.10. The molecule has 0 bridgehead atoms. The molecule has 0 aliphatic carbocycles. The molecule has 0 amide bonds. The van der Waals surface area contributed by atoms with Crippen LogP contribution in [0.25, 0.3) is 0 Å². The Balaban J connectivity index is 2.10. The maximum Gasteiger partial charge on any atom is 0.128 e. The number of thioether (sulfide) groups is 1. The Hall–Kier alpha value is -0.840. The summed E-state index contributed by atoms with van der Waals surface area (Å²) in [4.78, 5) is 1.19. The van der Waals surface area contributed by atoms with Crippen molar-refractivity contribution in [2.24, 2.45) is 0 Å². The Labute approximate surface area is 125 Å². The van der Waals surface area contributed by atoms with Gasteiger partial charge in [0.15, 0.2) is 0 Å². The van der Waals surface area contributed by atoms with E-state index in [4.69, 9.17) is 0 Å². The lowest BCUT2D eigenvalue weighted by atomic mass is 10.1. The second-order valence-corrected chi connectivity index (χ2v) is 6.14. The fourth-order valence-electron chi connectivity index (χ4n) is 1.81. The molecule has 1 N–H and O–H groups in total. The number of halogens is 2. The minimum Gasteiger partial charge on any atom is -0.312 e. The average molecular weight is 340 g/mol. The predicted octanol–water partition coefficient (Wildman–Crippen LogP) is 4.64. The molecule has 19 heavy (non-hydrogen) atoms. The van der Waals surface area contributed by atoms with Crippen molar-refractivity contribution < 1.29 is 4.39 Å². The van der Waals surface area contributed by atoms with E-state index in [1.54, 1.807) is 17.8 Å². The van der Waals surface area contributed by atoms with Gasteiger partial charge in [-0.2, -0.15) is 0 Å². The van der Waals surface area contributed by atoms with Gasteiger partial charge in [-0.15, -0.1) is 11.8 Å². The number of rotatable bonds is 5. The van der Waals surface area contributed by atoms with Crippen LogP contribution in [-0.2, 0) is 0 Å². The molecule has 0 saturated heterocycles. The second-order valence-electron chi connectivity index (χ2n) is 4.13. The van der Waals surface area contributed by atoms with Gasteiger partial charge in [0.1, 0.15) is 5.82 Å². The van der Waals surface area contributed by atoms with Gasteiger partial charge in [0.05, 0.1) is 0 Å². The summed E-state index contributed by atoms with van der Waals surface area (Å²) in [5, 5.41) is 3.17. The van der Waals surface area contributed by atoms with E-state index in [9.17, 15) is 4.39 Å². The lowest BCUT2D eigenvalue weighted by molar-refractivity contribution is 0.565. The van der Waals surface area contributed by atoms with Crippen molar-refractivity contribution in [2.45, 2.75) is 10.9 Å². The fourth-order valence-corrected chi connectivity index (χ4v) is 3.24. The molecule has 0 fully saturated rings. The molecule has 0 aromatic heterocycles. The first-order valence-corrected chi connectivity index (χ1v) is 7.78. The second kappa shape index (κ2) is 7.08. The summed E-state index contributed by atoms with van der Waals surface area (Å²) in [5.74, 6) is 0.615. The zero-order valence-electron chi connectivity index (χ0n) is 10.6. The van der Waals surface area contributed by atoms with E-state index in [1.807, 2.05) is 31.3 Å². The highest BCUT2D eigenvalue weighted by Crippen LogP contribution is 2.27. The quantitative estimate of drug-likeness (QED) is 0.796. The van der Waals surface area contributed by atoms with E-state index >= 15 is 0 Å². The highest BCUT2D eigenvalue weighted by Gasteiger charge is 2.14. The maximum absolute atomic E-state index is 13.9. The number of nitrogens with one attached hydrogen (secondary N) is 1. The van der Waals surface area contributed by atoms with Crippen LogP contribution in [0.5, 0.6) is 0 Å². The lowest BCUT2D eigenvalue weighted by Crippen LogP contribution is -2.20. The van der Waals surface area contributed by atoms with Gasteiger partial charge in [-0.3, -0.25) is 0 Å². The van der Waals surface area contributed by atoms with Crippen LogP contribution in [0.4, 0.5) is 4.39 Å². The highest BCUT2D eigenvalue weighted by atomic mass is 79.9. The summed E-state index contributed by atoms with van der Waals surface area (Å²) in [6, 6.07) is 15.2. The standard InChI is InChI=1S/C15H15BrFNS/c1-18-15(10-19-12-5-3-2-4-6-12)13-9-11(16)7-8-14(13)17/h2-9,15,18H,10H2,1H3. The molecule has 0 spiro atoms. The van der Waals surface area contributed by atoms with Crippen LogP contribution < -0.4 is 5.32 Å². The molecular weight excluding hydrogens is 325 g/mol. The van der Waals surface area contributed by atoms with Gasteiger partial charge in [0.25, 0.3) is 0 Å². The third-order valence-corrected chi connectivity index (χ3v) is 4.44. The van der Waals surface area contributed by atoms with Gasteiger partial charge in [-0.25, -0.2) is 4.39 Å². The van der Waals surface area contributed by atoms with Crippen molar-refractivity contribution in [1.29, 1.82) is 0 Å². The topological polar surface area (TPSA) is 12.0 Å². The molecule has 2 rings (SSSR count). The third-order valence-electron chi connectivity index (χ3n) is 2.84. The SMILES string of the molecule is CNC(CSc1ccccc1)c1cc(Br)ccc1F. The first kappa shape index (κ1) is 14.6. The Morgan fingerprint density at radius 2 is 1.95 bits per heavy atom. The molecule has 2 aromatic carbocycles. The smallest absolute Gasteiger partial charge is 0.128 e. The van der Waals surface area contributed by atoms with E-state index in [0.29, 0.717) is 5.56 Å². The maximum atomic E-state index is 13.9. The minimum absolute atomic E-state index is 0.0114. The van der Waals surface area contributed by atoms with Crippen molar-refractivity contribution in [3.8, 4) is 0 Å². The zero-order chi connectivity index (χ0) is 13.7. The molecule has 0 heterocycles. The molecule has 0 aliphatic rings.